The maximum atomic E-state index is 5.81. The second-order valence-corrected chi connectivity index (χ2v) is 5.55. The van der Waals surface area contributed by atoms with E-state index in [1.165, 1.54) is 18.5 Å². The molecule has 2 N–H and O–H groups in total. The molecule has 0 radical (unpaired) electrons. The van der Waals surface area contributed by atoms with Crippen LogP contribution in [0.3, 0.4) is 0 Å². The zero-order chi connectivity index (χ0) is 13.9. The quantitative estimate of drug-likeness (QED) is 0.648. The summed E-state index contributed by atoms with van der Waals surface area (Å²) in [7, 11) is 2.09. The largest absolute Gasteiger partial charge is 0.399 e. The number of pyridine rings is 1. The van der Waals surface area contributed by atoms with Crippen molar-refractivity contribution >= 4 is 22.3 Å². The summed E-state index contributed by atoms with van der Waals surface area (Å²) in [6.07, 6.45) is 4.51. The Morgan fingerprint density at radius 2 is 2.20 bits per heavy atom. The Labute approximate surface area is 119 Å². The van der Waals surface area contributed by atoms with Crippen LogP contribution in [0.15, 0.2) is 30.5 Å². The van der Waals surface area contributed by atoms with Gasteiger partial charge in [-0.25, -0.2) is 0 Å². The van der Waals surface area contributed by atoms with Crippen LogP contribution in [0.2, 0.25) is 0 Å². The van der Waals surface area contributed by atoms with E-state index >= 15 is 0 Å². The molecule has 0 spiro atoms. The van der Waals surface area contributed by atoms with Crippen LogP contribution in [-0.2, 0) is 4.74 Å². The fourth-order valence-electron chi connectivity index (χ4n) is 2.34. The molecule has 1 saturated carbocycles. The van der Waals surface area contributed by atoms with Gasteiger partial charge in [-0.2, -0.15) is 0 Å². The van der Waals surface area contributed by atoms with Gasteiger partial charge in [-0.3, -0.25) is 4.98 Å². The van der Waals surface area contributed by atoms with Crippen molar-refractivity contribution in [2.75, 3.05) is 37.4 Å². The molecule has 0 bridgehead atoms. The van der Waals surface area contributed by atoms with E-state index in [9.17, 15) is 0 Å². The molecule has 1 heterocycles. The molecule has 0 aliphatic heterocycles. The van der Waals surface area contributed by atoms with Crippen LogP contribution in [0.4, 0.5) is 11.4 Å². The van der Waals surface area contributed by atoms with Crippen molar-refractivity contribution in [1.29, 1.82) is 0 Å². The Morgan fingerprint density at radius 3 is 3.00 bits per heavy atom. The van der Waals surface area contributed by atoms with E-state index in [-0.39, 0.29) is 0 Å². The van der Waals surface area contributed by atoms with Gasteiger partial charge in [0.05, 0.1) is 12.1 Å². The minimum absolute atomic E-state index is 0.748. The average molecular weight is 271 g/mol. The third kappa shape index (κ3) is 3.02. The van der Waals surface area contributed by atoms with Gasteiger partial charge in [0.15, 0.2) is 0 Å². The van der Waals surface area contributed by atoms with Gasteiger partial charge in [0.2, 0.25) is 0 Å². The number of hydrogen-bond acceptors (Lipinski definition) is 4. The van der Waals surface area contributed by atoms with Crippen LogP contribution in [0.1, 0.15) is 12.8 Å². The summed E-state index contributed by atoms with van der Waals surface area (Å²) in [4.78, 5) is 6.59. The number of benzene rings is 1. The minimum atomic E-state index is 0.748. The summed E-state index contributed by atoms with van der Waals surface area (Å²) >= 11 is 0. The maximum absolute atomic E-state index is 5.81. The molecule has 0 unspecified atom stereocenters. The zero-order valence-electron chi connectivity index (χ0n) is 11.9. The van der Waals surface area contributed by atoms with Crippen LogP contribution < -0.4 is 10.6 Å². The molecule has 1 fully saturated rings. The van der Waals surface area contributed by atoms with E-state index in [1.807, 2.05) is 30.5 Å². The molecule has 1 aliphatic rings. The standard InChI is InChI=1S/C16H21N3O/c1-19(8-9-20-11-12-2-3-12)16-6-7-18-15-10-13(17)4-5-14(15)16/h4-7,10,12H,2-3,8-9,11,17H2,1H3. The summed E-state index contributed by atoms with van der Waals surface area (Å²) in [5, 5.41) is 1.13. The number of ether oxygens (including phenoxy) is 1. The topological polar surface area (TPSA) is 51.4 Å². The fraction of sp³-hybridized carbons (Fsp3) is 0.438. The van der Waals surface area contributed by atoms with Gasteiger partial charge < -0.3 is 15.4 Å². The van der Waals surface area contributed by atoms with Crippen molar-refractivity contribution < 1.29 is 4.74 Å². The molecule has 4 nitrogen and oxygen atoms in total. The lowest BCUT2D eigenvalue weighted by atomic mass is 10.1. The molecule has 1 aromatic carbocycles. The highest BCUT2D eigenvalue weighted by Gasteiger charge is 2.21. The van der Waals surface area contributed by atoms with Gasteiger partial charge in [-0.1, -0.05) is 0 Å². The van der Waals surface area contributed by atoms with Crippen LogP contribution in [0.25, 0.3) is 10.9 Å². The Balaban J connectivity index is 1.68. The minimum Gasteiger partial charge on any atom is -0.399 e. The highest BCUT2D eigenvalue weighted by atomic mass is 16.5. The van der Waals surface area contributed by atoms with Crippen molar-refractivity contribution in [3.8, 4) is 0 Å². The van der Waals surface area contributed by atoms with Gasteiger partial charge >= 0.3 is 0 Å². The molecule has 0 amide bonds. The Kier molecular flexibility index (Phi) is 3.74. The molecular formula is C16H21N3O. The lowest BCUT2D eigenvalue weighted by Crippen LogP contribution is -2.23. The van der Waals surface area contributed by atoms with Crippen LogP contribution in [-0.4, -0.2) is 31.8 Å². The van der Waals surface area contributed by atoms with E-state index in [2.05, 4.69) is 16.9 Å². The summed E-state index contributed by atoms with van der Waals surface area (Å²) < 4.78 is 5.70. The highest BCUT2D eigenvalue weighted by Crippen LogP contribution is 2.29. The molecule has 0 atom stereocenters. The van der Waals surface area contributed by atoms with Gasteiger partial charge in [0, 0.05) is 43.2 Å². The van der Waals surface area contributed by atoms with Crippen molar-refractivity contribution in [2.24, 2.45) is 5.92 Å². The van der Waals surface area contributed by atoms with Gasteiger partial charge in [-0.05, 0) is 43.0 Å². The number of hydrogen-bond donors (Lipinski definition) is 1. The molecular weight excluding hydrogens is 250 g/mol. The summed E-state index contributed by atoms with van der Waals surface area (Å²) in [5.74, 6) is 0.824. The SMILES string of the molecule is CN(CCOCC1CC1)c1ccnc2cc(N)ccc12. The average Bonchev–Trinajstić information content (AvgIpc) is 3.26. The van der Waals surface area contributed by atoms with E-state index in [4.69, 9.17) is 10.5 Å². The summed E-state index contributed by atoms with van der Waals surface area (Å²) in [6.45, 7) is 2.57. The number of fused-ring (bicyclic) bond motifs is 1. The summed E-state index contributed by atoms with van der Waals surface area (Å²) in [6, 6.07) is 7.91. The molecule has 1 aliphatic carbocycles. The predicted molar refractivity (Wildman–Crippen MR) is 83.0 cm³/mol. The van der Waals surface area contributed by atoms with Gasteiger partial charge in [-0.15, -0.1) is 0 Å². The number of rotatable bonds is 6. The molecule has 106 valence electrons. The zero-order valence-corrected chi connectivity index (χ0v) is 11.9. The van der Waals surface area contributed by atoms with E-state index in [0.717, 1.165) is 42.3 Å². The number of aromatic nitrogens is 1. The predicted octanol–water partition coefficient (Wildman–Crippen LogP) is 2.68. The van der Waals surface area contributed by atoms with Crippen molar-refractivity contribution in [2.45, 2.75) is 12.8 Å². The lowest BCUT2D eigenvalue weighted by molar-refractivity contribution is 0.131. The van der Waals surface area contributed by atoms with Crippen LogP contribution in [0.5, 0.6) is 0 Å². The first-order valence-corrected chi connectivity index (χ1v) is 7.17. The van der Waals surface area contributed by atoms with E-state index in [0.29, 0.717) is 0 Å². The Bertz CT molecular complexity index is 595. The number of anilines is 2. The van der Waals surface area contributed by atoms with Crippen LogP contribution >= 0.6 is 0 Å². The third-order valence-electron chi connectivity index (χ3n) is 3.78. The lowest BCUT2D eigenvalue weighted by Gasteiger charge is -2.21. The van der Waals surface area contributed by atoms with Crippen LogP contribution in [0, 0.1) is 5.92 Å². The Hall–Kier alpha value is -1.81. The highest BCUT2D eigenvalue weighted by molar-refractivity contribution is 5.93. The molecule has 1 aromatic heterocycles. The maximum Gasteiger partial charge on any atom is 0.0743 e. The molecule has 0 saturated heterocycles. The number of nitrogens with zero attached hydrogens (tertiary/aromatic N) is 2. The first-order valence-electron chi connectivity index (χ1n) is 7.17. The fourth-order valence-corrected chi connectivity index (χ4v) is 2.34. The monoisotopic (exact) mass is 271 g/mol. The molecule has 2 aromatic rings. The number of nitrogens with two attached hydrogens (primary N) is 1. The number of nitrogen functional groups attached to an aromatic ring is 1. The number of likely N-dealkylation sites (N-methyl/N-ethyl adjacent to an activating group) is 1. The van der Waals surface area contributed by atoms with Gasteiger partial charge in [0.25, 0.3) is 0 Å². The smallest absolute Gasteiger partial charge is 0.0743 e. The normalized spacial score (nSPS) is 14.7. The second-order valence-electron chi connectivity index (χ2n) is 5.55. The Morgan fingerprint density at radius 1 is 1.35 bits per heavy atom. The third-order valence-corrected chi connectivity index (χ3v) is 3.78. The first kappa shape index (κ1) is 13.2. The van der Waals surface area contributed by atoms with Crippen molar-refractivity contribution in [3.63, 3.8) is 0 Å². The first-order chi connectivity index (χ1) is 9.74. The van der Waals surface area contributed by atoms with Crippen molar-refractivity contribution in [3.05, 3.63) is 30.5 Å². The van der Waals surface area contributed by atoms with Crippen molar-refractivity contribution in [1.82, 2.24) is 4.98 Å². The second kappa shape index (κ2) is 5.67. The summed E-state index contributed by atoms with van der Waals surface area (Å²) in [5.41, 5.74) is 8.67. The molecule has 4 heteroatoms. The van der Waals surface area contributed by atoms with E-state index in [1.54, 1.807) is 0 Å². The molecule has 20 heavy (non-hydrogen) atoms. The van der Waals surface area contributed by atoms with E-state index < -0.39 is 0 Å². The molecule has 3 rings (SSSR count). The van der Waals surface area contributed by atoms with Gasteiger partial charge in [0.1, 0.15) is 0 Å².